The molecule has 0 radical (unpaired) electrons. The predicted molar refractivity (Wildman–Crippen MR) is 90.7 cm³/mol. The van der Waals surface area contributed by atoms with Crippen LogP contribution in [0.25, 0.3) is 0 Å². The maximum Gasteiger partial charge on any atom is 0.339 e. The summed E-state index contributed by atoms with van der Waals surface area (Å²) in [5.74, 6) is -1.16. The summed E-state index contributed by atoms with van der Waals surface area (Å²) in [6.07, 6.45) is 9.74. The average molecular weight is 365 g/mol. The molecule has 0 atom stereocenters. The minimum Gasteiger partial charge on any atom is -0.507 e. The minimum absolute atomic E-state index is 0. The number of carboxylic acids is 1. The molecule has 0 saturated carbocycles. The van der Waals surface area contributed by atoms with Gasteiger partial charge in [0.05, 0.1) is 0 Å². The second kappa shape index (κ2) is 10.7. The van der Waals surface area contributed by atoms with Crippen molar-refractivity contribution in [2.45, 2.75) is 77.6 Å². The summed E-state index contributed by atoms with van der Waals surface area (Å²) in [5.41, 5.74) is 0.516. The van der Waals surface area contributed by atoms with Crippen molar-refractivity contribution in [2.75, 3.05) is 0 Å². The van der Waals surface area contributed by atoms with Crippen LogP contribution in [-0.4, -0.2) is 16.2 Å². The van der Waals surface area contributed by atoms with E-state index in [0.717, 1.165) is 18.4 Å². The predicted octanol–water partition coefficient (Wildman–Crippen LogP) is 5.51. The maximum absolute atomic E-state index is 11.1. The molecule has 2 N–H and O–H groups in total. The molecule has 4 heteroatoms. The number of hydrogen-bond acceptors (Lipinski definition) is 2. The van der Waals surface area contributed by atoms with Gasteiger partial charge in [0.1, 0.15) is 11.3 Å². The molecule has 1 aromatic rings. The zero-order valence-electron chi connectivity index (χ0n) is 14.5. The first kappa shape index (κ1) is 22.0. The fraction of sp³-hybridized carbons (Fsp3) is 0.632. The Morgan fingerprint density at radius 2 is 1.61 bits per heavy atom. The molecular weight excluding hydrogens is 335 g/mol. The monoisotopic (exact) mass is 364 g/mol. The van der Waals surface area contributed by atoms with Gasteiger partial charge in [-0.05, 0) is 17.9 Å². The van der Waals surface area contributed by atoms with Crippen molar-refractivity contribution >= 4 is 5.97 Å². The van der Waals surface area contributed by atoms with E-state index in [4.69, 9.17) is 5.11 Å². The normalized spacial score (nSPS) is 11.1. The Hall–Kier alpha value is -1.02. The van der Waals surface area contributed by atoms with Crippen molar-refractivity contribution in [1.29, 1.82) is 0 Å². The van der Waals surface area contributed by atoms with Crippen molar-refractivity contribution in [1.82, 2.24) is 0 Å². The first-order valence-corrected chi connectivity index (χ1v) is 8.46. The Balaban J connectivity index is 0.00000484. The standard InChI is InChI=1S/C19H30O3.Ni/c1-4-5-6-7-8-9-10-14-19(2,3)16-13-11-12-15(17(16)20)18(21)22;/h11-13,20H,4-10,14H2,1-3H3,(H,21,22);. The summed E-state index contributed by atoms with van der Waals surface area (Å²) in [6.45, 7) is 6.37. The van der Waals surface area contributed by atoms with Crippen LogP contribution in [0.4, 0.5) is 0 Å². The number of para-hydroxylation sites is 1. The third kappa shape index (κ3) is 6.95. The summed E-state index contributed by atoms with van der Waals surface area (Å²) in [4.78, 5) is 11.1. The van der Waals surface area contributed by atoms with Gasteiger partial charge in [-0.15, -0.1) is 0 Å². The fourth-order valence-corrected chi connectivity index (χ4v) is 2.92. The number of phenols is 1. The second-order valence-electron chi connectivity index (χ2n) is 6.76. The molecule has 23 heavy (non-hydrogen) atoms. The van der Waals surface area contributed by atoms with E-state index in [-0.39, 0.29) is 33.2 Å². The van der Waals surface area contributed by atoms with Gasteiger partial charge in [-0.3, -0.25) is 0 Å². The van der Waals surface area contributed by atoms with Gasteiger partial charge in [-0.2, -0.15) is 0 Å². The van der Waals surface area contributed by atoms with Crippen molar-refractivity contribution in [3.63, 3.8) is 0 Å². The average Bonchev–Trinajstić information content (AvgIpc) is 2.46. The van der Waals surface area contributed by atoms with Gasteiger partial charge in [-0.1, -0.05) is 77.8 Å². The molecule has 0 heterocycles. The van der Waals surface area contributed by atoms with Crippen LogP contribution in [0.15, 0.2) is 18.2 Å². The molecule has 0 unspecified atom stereocenters. The van der Waals surface area contributed by atoms with Crippen molar-refractivity contribution in [3.05, 3.63) is 29.3 Å². The Labute approximate surface area is 150 Å². The van der Waals surface area contributed by atoms with Gasteiger partial charge in [0.15, 0.2) is 0 Å². The van der Waals surface area contributed by atoms with Crippen molar-refractivity contribution < 1.29 is 31.5 Å². The number of benzene rings is 1. The summed E-state index contributed by atoms with van der Waals surface area (Å²) >= 11 is 0. The van der Waals surface area contributed by atoms with E-state index < -0.39 is 5.97 Å². The van der Waals surface area contributed by atoms with E-state index >= 15 is 0 Å². The van der Waals surface area contributed by atoms with E-state index in [0.29, 0.717) is 0 Å². The SMILES string of the molecule is CCCCCCCCCC(C)(C)c1cccc(C(=O)O)c1O.[Ni]. The van der Waals surface area contributed by atoms with Crippen molar-refractivity contribution in [2.24, 2.45) is 0 Å². The van der Waals surface area contributed by atoms with Gasteiger partial charge >= 0.3 is 5.97 Å². The van der Waals surface area contributed by atoms with Gasteiger partial charge < -0.3 is 10.2 Å². The number of carbonyl (C=O) groups is 1. The number of aromatic hydroxyl groups is 1. The molecular formula is C19H30NiO3. The summed E-state index contributed by atoms with van der Waals surface area (Å²) in [5, 5.41) is 19.3. The summed E-state index contributed by atoms with van der Waals surface area (Å²) in [6, 6.07) is 5.00. The van der Waals surface area contributed by atoms with Crippen LogP contribution in [0.2, 0.25) is 0 Å². The first-order valence-electron chi connectivity index (χ1n) is 8.46. The molecule has 0 aliphatic heterocycles. The van der Waals surface area contributed by atoms with E-state index in [2.05, 4.69) is 20.8 Å². The first-order chi connectivity index (χ1) is 10.4. The molecule has 0 fully saturated rings. The third-order valence-corrected chi connectivity index (χ3v) is 4.40. The van der Waals surface area contributed by atoms with E-state index in [1.807, 2.05) is 6.07 Å². The Morgan fingerprint density at radius 1 is 1.04 bits per heavy atom. The Morgan fingerprint density at radius 3 is 2.17 bits per heavy atom. The van der Waals surface area contributed by atoms with Crippen molar-refractivity contribution in [3.8, 4) is 5.75 Å². The Kier molecular flexibility index (Phi) is 10.2. The quantitative estimate of drug-likeness (QED) is 0.425. The molecule has 0 spiro atoms. The molecule has 3 nitrogen and oxygen atoms in total. The van der Waals surface area contributed by atoms with Crippen LogP contribution < -0.4 is 0 Å². The Bertz CT molecular complexity index is 484. The molecule has 0 aliphatic rings. The van der Waals surface area contributed by atoms with Crippen LogP contribution in [0.5, 0.6) is 5.75 Å². The van der Waals surface area contributed by atoms with Gasteiger partial charge in [0.2, 0.25) is 0 Å². The molecule has 0 saturated heterocycles. The van der Waals surface area contributed by atoms with E-state index in [9.17, 15) is 9.90 Å². The molecule has 1 aromatic carbocycles. The van der Waals surface area contributed by atoms with Gasteiger partial charge in [0.25, 0.3) is 0 Å². The van der Waals surface area contributed by atoms with E-state index in [1.54, 1.807) is 6.07 Å². The molecule has 0 aliphatic carbocycles. The molecule has 0 aromatic heterocycles. The van der Waals surface area contributed by atoms with Crippen LogP contribution in [-0.2, 0) is 21.9 Å². The van der Waals surface area contributed by atoms with Crippen LogP contribution in [0.1, 0.15) is 88.1 Å². The summed E-state index contributed by atoms with van der Waals surface area (Å²) in [7, 11) is 0. The number of aromatic carboxylic acids is 1. The van der Waals surface area contributed by atoms with Gasteiger partial charge in [0, 0.05) is 22.1 Å². The maximum atomic E-state index is 11.1. The van der Waals surface area contributed by atoms with Gasteiger partial charge in [-0.25, -0.2) is 4.79 Å². The minimum atomic E-state index is -1.08. The van der Waals surface area contributed by atoms with Crippen LogP contribution in [0, 0.1) is 0 Å². The third-order valence-electron chi connectivity index (χ3n) is 4.40. The zero-order chi connectivity index (χ0) is 16.6. The van der Waals surface area contributed by atoms with Crippen LogP contribution >= 0.6 is 0 Å². The largest absolute Gasteiger partial charge is 0.507 e. The number of rotatable bonds is 10. The zero-order valence-corrected chi connectivity index (χ0v) is 15.5. The van der Waals surface area contributed by atoms with Crippen LogP contribution in [0.3, 0.4) is 0 Å². The fourth-order valence-electron chi connectivity index (χ4n) is 2.92. The molecule has 0 amide bonds. The molecule has 0 bridgehead atoms. The van der Waals surface area contributed by atoms with E-state index in [1.165, 1.54) is 44.6 Å². The number of hydrogen-bond donors (Lipinski definition) is 2. The smallest absolute Gasteiger partial charge is 0.339 e. The number of carboxylic acid groups (broad SMARTS) is 1. The molecule has 134 valence electrons. The summed E-state index contributed by atoms with van der Waals surface area (Å²) < 4.78 is 0. The second-order valence-corrected chi connectivity index (χ2v) is 6.76. The topological polar surface area (TPSA) is 57.5 Å². The molecule has 1 rings (SSSR count). The number of unbranched alkanes of at least 4 members (excludes halogenated alkanes) is 6.